The molecule has 1 saturated heterocycles. The molecule has 5 nitrogen and oxygen atoms in total. The molecule has 0 aromatic carbocycles. The van der Waals surface area contributed by atoms with Crippen molar-refractivity contribution in [1.29, 1.82) is 0 Å². The molecule has 1 fully saturated rings. The van der Waals surface area contributed by atoms with E-state index >= 15 is 0 Å². The molecule has 0 saturated carbocycles. The van der Waals surface area contributed by atoms with Crippen molar-refractivity contribution in [2.45, 2.75) is 65.6 Å². The van der Waals surface area contributed by atoms with Gasteiger partial charge in [-0.2, -0.15) is 0 Å². The molecule has 4 rings (SSSR count). The highest BCUT2D eigenvalue weighted by Crippen LogP contribution is 2.30. The standard InChI is InChI=1S/C23H31N3O2S2/c1-4-15(2)11-19-16(3)30-23-21(19)22(27)24-20(25-23)14-26(12-17-7-5-9-28-17)13-18-8-6-10-29-18/h6,8,10,15,17H,4-5,7,9,11-14H2,1-3H3,(H,24,25,27)/t15-,17+/m1/s1. The highest BCUT2D eigenvalue weighted by molar-refractivity contribution is 7.18. The lowest BCUT2D eigenvalue weighted by Gasteiger charge is -2.24. The number of aromatic amines is 1. The predicted molar refractivity (Wildman–Crippen MR) is 126 cm³/mol. The van der Waals surface area contributed by atoms with Crippen LogP contribution in [-0.2, 0) is 24.2 Å². The quantitative estimate of drug-likeness (QED) is 0.496. The maximum absolute atomic E-state index is 13.0. The lowest BCUT2D eigenvalue weighted by atomic mass is 9.98. The van der Waals surface area contributed by atoms with E-state index in [1.807, 2.05) is 0 Å². The molecule has 7 heteroatoms. The summed E-state index contributed by atoms with van der Waals surface area (Å²) in [5, 5.41) is 2.91. The van der Waals surface area contributed by atoms with Crippen LogP contribution in [0.4, 0.5) is 0 Å². The Morgan fingerprint density at radius 1 is 1.40 bits per heavy atom. The summed E-state index contributed by atoms with van der Waals surface area (Å²) in [4.78, 5) is 26.7. The van der Waals surface area contributed by atoms with Gasteiger partial charge in [0.2, 0.25) is 0 Å². The summed E-state index contributed by atoms with van der Waals surface area (Å²) in [6.07, 6.45) is 4.56. The van der Waals surface area contributed by atoms with Crippen LogP contribution in [-0.4, -0.2) is 34.1 Å². The Labute approximate surface area is 186 Å². The monoisotopic (exact) mass is 445 g/mol. The summed E-state index contributed by atoms with van der Waals surface area (Å²) >= 11 is 3.42. The number of nitrogens with zero attached hydrogens (tertiary/aromatic N) is 2. The lowest BCUT2D eigenvalue weighted by Crippen LogP contribution is -2.32. The molecule has 0 amide bonds. The second kappa shape index (κ2) is 9.73. The zero-order valence-electron chi connectivity index (χ0n) is 18.1. The van der Waals surface area contributed by atoms with Gasteiger partial charge in [0, 0.05) is 29.5 Å². The van der Waals surface area contributed by atoms with Crippen molar-refractivity contribution in [2.24, 2.45) is 5.92 Å². The van der Waals surface area contributed by atoms with Crippen molar-refractivity contribution in [3.8, 4) is 0 Å². The fourth-order valence-electron chi connectivity index (χ4n) is 4.13. The Kier molecular flexibility index (Phi) is 7.03. The maximum Gasteiger partial charge on any atom is 0.259 e. The second-order valence-electron chi connectivity index (χ2n) is 8.43. The maximum atomic E-state index is 13.0. The molecular weight excluding hydrogens is 414 g/mol. The van der Waals surface area contributed by atoms with E-state index in [0.29, 0.717) is 12.5 Å². The van der Waals surface area contributed by atoms with E-state index in [9.17, 15) is 4.79 Å². The number of hydrogen-bond donors (Lipinski definition) is 1. The third-order valence-corrected chi connectivity index (χ3v) is 7.88. The van der Waals surface area contributed by atoms with Crippen molar-refractivity contribution in [3.05, 3.63) is 49.0 Å². The highest BCUT2D eigenvalue weighted by atomic mass is 32.1. The Hall–Kier alpha value is -1.54. The van der Waals surface area contributed by atoms with Crippen LogP contribution >= 0.6 is 22.7 Å². The van der Waals surface area contributed by atoms with Crippen LogP contribution in [0, 0.1) is 12.8 Å². The van der Waals surface area contributed by atoms with Gasteiger partial charge in [-0.15, -0.1) is 22.7 Å². The molecule has 162 valence electrons. The van der Waals surface area contributed by atoms with Crippen LogP contribution in [0.2, 0.25) is 0 Å². The van der Waals surface area contributed by atoms with Gasteiger partial charge in [0.15, 0.2) is 0 Å². The first-order valence-corrected chi connectivity index (χ1v) is 12.6. The number of aromatic nitrogens is 2. The smallest absolute Gasteiger partial charge is 0.259 e. The van der Waals surface area contributed by atoms with Crippen molar-refractivity contribution >= 4 is 32.9 Å². The molecule has 0 radical (unpaired) electrons. The molecule has 3 aromatic rings. The van der Waals surface area contributed by atoms with Crippen molar-refractivity contribution in [2.75, 3.05) is 13.2 Å². The summed E-state index contributed by atoms with van der Waals surface area (Å²) in [5.74, 6) is 1.31. The van der Waals surface area contributed by atoms with E-state index in [-0.39, 0.29) is 11.7 Å². The van der Waals surface area contributed by atoms with E-state index in [2.05, 4.69) is 48.2 Å². The average molecular weight is 446 g/mol. The molecule has 1 aliphatic heterocycles. The van der Waals surface area contributed by atoms with E-state index < -0.39 is 0 Å². The summed E-state index contributed by atoms with van der Waals surface area (Å²) < 4.78 is 5.87. The van der Waals surface area contributed by atoms with Gasteiger partial charge in [0.25, 0.3) is 5.56 Å². The largest absolute Gasteiger partial charge is 0.377 e. The number of hydrogen-bond acceptors (Lipinski definition) is 6. The first-order chi connectivity index (χ1) is 14.5. The minimum atomic E-state index is 0.00541. The molecular formula is C23H31N3O2S2. The molecule has 30 heavy (non-hydrogen) atoms. The van der Waals surface area contributed by atoms with Gasteiger partial charge in [-0.1, -0.05) is 26.3 Å². The van der Waals surface area contributed by atoms with E-state index in [1.165, 1.54) is 15.3 Å². The molecule has 1 aliphatic rings. The molecule has 3 aromatic heterocycles. The van der Waals surface area contributed by atoms with E-state index in [0.717, 1.165) is 61.4 Å². The van der Waals surface area contributed by atoms with Gasteiger partial charge >= 0.3 is 0 Å². The predicted octanol–water partition coefficient (Wildman–Crippen LogP) is 5.12. The van der Waals surface area contributed by atoms with Crippen molar-refractivity contribution in [1.82, 2.24) is 14.9 Å². The molecule has 4 heterocycles. The number of nitrogens with one attached hydrogen (secondary N) is 1. The number of thiophene rings is 2. The van der Waals surface area contributed by atoms with Gasteiger partial charge in [0.05, 0.1) is 18.0 Å². The summed E-state index contributed by atoms with van der Waals surface area (Å²) in [6.45, 7) is 9.75. The second-order valence-corrected chi connectivity index (χ2v) is 10.7. The Morgan fingerprint density at radius 2 is 2.27 bits per heavy atom. The number of H-pyrrole nitrogens is 1. The van der Waals surface area contributed by atoms with Crippen LogP contribution in [0.5, 0.6) is 0 Å². The zero-order chi connectivity index (χ0) is 21.1. The van der Waals surface area contributed by atoms with Crippen molar-refractivity contribution in [3.63, 3.8) is 0 Å². The van der Waals surface area contributed by atoms with Crippen LogP contribution in [0.15, 0.2) is 22.3 Å². The molecule has 1 N–H and O–H groups in total. The molecule has 2 atom stereocenters. The van der Waals surface area contributed by atoms with Gasteiger partial charge in [-0.3, -0.25) is 9.69 Å². The minimum Gasteiger partial charge on any atom is -0.377 e. The minimum absolute atomic E-state index is 0.00541. The normalized spacial score (nSPS) is 17.9. The SMILES string of the molecule is CC[C@@H](C)Cc1c(C)sc2nc(CN(Cc3cccs3)C[C@@H]3CCCO3)[nH]c(=O)c12. The molecule has 0 bridgehead atoms. The zero-order valence-corrected chi connectivity index (χ0v) is 19.7. The summed E-state index contributed by atoms with van der Waals surface area (Å²) in [5.41, 5.74) is 1.19. The van der Waals surface area contributed by atoms with E-state index in [4.69, 9.17) is 9.72 Å². The number of aryl methyl sites for hydroxylation is 1. The third kappa shape index (κ3) is 5.02. The Balaban J connectivity index is 1.59. The molecule has 0 unspecified atom stereocenters. The Morgan fingerprint density at radius 3 is 2.97 bits per heavy atom. The Bertz CT molecular complexity index is 1020. The number of rotatable bonds is 9. The van der Waals surface area contributed by atoms with Crippen LogP contribution in [0.1, 0.15) is 54.3 Å². The van der Waals surface area contributed by atoms with Crippen molar-refractivity contribution < 1.29 is 4.74 Å². The van der Waals surface area contributed by atoms with Gasteiger partial charge in [0.1, 0.15) is 10.7 Å². The van der Waals surface area contributed by atoms with Gasteiger partial charge in [-0.05, 0) is 49.1 Å². The van der Waals surface area contributed by atoms with E-state index in [1.54, 1.807) is 22.7 Å². The fraction of sp³-hybridized carbons (Fsp3) is 0.565. The lowest BCUT2D eigenvalue weighted by molar-refractivity contribution is 0.0674. The first-order valence-electron chi connectivity index (χ1n) is 10.9. The average Bonchev–Trinajstić information content (AvgIpc) is 3.45. The number of fused-ring (bicyclic) bond motifs is 1. The van der Waals surface area contributed by atoms with Crippen LogP contribution in [0.25, 0.3) is 10.2 Å². The highest BCUT2D eigenvalue weighted by Gasteiger charge is 2.22. The summed E-state index contributed by atoms with van der Waals surface area (Å²) in [6, 6.07) is 4.25. The first kappa shape index (κ1) is 21.7. The third-order valence-electron chi connectivity index (χ3n) is 5.98. The van der Waals surface area contributed by atoms with Crippen LogP contribution < -0.4 is 5.56 Å². The molecule has 0 aliphatic carbocycles. The molecule has 0 spiro atoms. The van der Waals surface area contributed by atoms with Gasteiger partial charge < -0.3 is 9.72 Å². The summed E-state index contributed by atoms with van der Waals surface area (Å²) in [7, 11) is 0. The van der Waals surface area contributed by atoms with Gasteiger partial charge in [-0.25, -0.2) is 4.98 Å². The topological polar surface area (TPSA) is 58.2 Å². The fourth-order valence-corrected chi connectivity index (χ4v) is 5.95. The van der Waals surface area contributed by atoms with Crippen LogP contribution in [0.3, 0.4) is 0 Å². The number of ether oxygens (including phenoxy) is 1.